The van der Waals surface area contributed by atoms with E-state index < -0.39 is 5.79 Å². The lowest BCUT2D eigenvalue weighted by molar-refractivity contribution is -0.187. The van der Waals surface area contributed by atoms with Crippen molar-refractivity contribution in [3.05, 3.63) is 17.0 Å². The highest BCUT2D eigenvalue weighted by molar-refractivity contribution is 5.76. The first-order valence-corrected chi connectivity index (χ1v) is 7.57. The van der Waals surface area contributed by atoms with Gasteiger partial charge in [-0.3, -0.25) is 4.79 Å². The predicted molar refractivity (Wildman–Crippen MR) is 74.7 cm³/mol. The molecule has 0 unspecified atom stereocenters. The summed E-state index contributed by atoms with van der Waals surface area (Å²) in [4.78, 5) is 14.2. The molecule has 2 fully saturated rings. The van der Waals surface area contributed by atoms with Crippen molar-refractivity contribution in [2.24, 2.45) is 0 Å². The monoisotopic (exact) mass is 294 g/mol. The molecule has 1 aromatic heterocycles. The number of likely N-dealkylation sites (tertiary alicyclic amines) is 1. The lowest BCUT2D eigenvalue weighted by Crippen LogP contribution is -2.47. The van der Waals surface area contributed by atoms with Crippen molar-refractivity contribution < 1.29 is 18.8 Å². The lowest BCUT2D eigenvalue weighted by Gasteiger charge is -2.37. The van der Waals surface area contributed by atoms with Gasteiger partial charge < -0.3 is 18.9 Å². The van der Waals surface area contributed by atoms with Crippen LogP contribution in [0.25, 0.3) is 0 Å². The minimum Gasteiger partial charge on any atom is -0.361 e. The van der Waals surface area contributed by atoms with E-state index in [2.05, 4.69) is 5.16 Å². The summed E-state index contributed by atoms with van der Waals surface area (Å²) in [5, 5.41) is 3.92. The number of ether oxygens (including phenoxy) is 2. The van der Waals surface area contributed by atoms with Crippen molar-refractivity contribution in [2.75, 3.05) is 26.3 Å². The molecule has 6 heteroatoms. The van der Waals surface area contributed by atoms with Gasteiger partial charge in [0.25, 0.3) is 0 Å². The highest BCUT2D eigenvalue weighted by atomic mass is 16.7. The molecule has 2 saturated heterocycles. The standard InChI is InChI=1S/C15H22N2O4/c1-11-13(12(2)21-16-11)3-4-14(18)17-7-5-15(6-8-17)19-9-10-20-15/h3-10H2,1-2H3. The molecule has 0 radical (unpaired) electrons. The van der Waals surface area contributed by atoms with Crippen molar-refractivity contribution in [3.63, 3.8) is 0 Å². The Kier molecular flexibility index (Phi) is 3.99. The van der Waals surface area contributed by atoms with Crippen molar-refractivity contribution >= 4 is 5.91 Å². The molecule has 3 heterocycles. The van der Waals surface area contributed by atoms with Gasteiger partial charge in [0.2, 0.25) is 5.91 Å². The van der Waals surface area contributed by atoms with Crippen LogP contribution in [0.1, 0.15) is 36.3 Å². The van der Waals surface area contributed by atoms with Crippen LogP contribution in [0.5, 0.6) is 0 Å². The van der Waals surface area contributed by atoms with E-state index in [4.69, 9.17) is 14.0 Å². The van der Waals surface area contributed by atoms with Crippen molar-refractivity contribution in [2.45, 2.75) is 45.3 Å². The molecule has 0 bridgehead atoms. The fourth-order valence-corrected chi connectivity index (χ4v) is 3.13. The third-order valence-corrected chi connectivity index (χ3v) is 4.46. The quantitative estimate of drug-likeness (QED) is 0.847. The van der Waals surface area contributed by atoms with Crippen molar-refractivity contribution in [3.8, 4) is 0 Å². The molecular formula is C15H22N2O4. The van der Waals surface area contributed by atoms with Crippen molar-refractivity contribution in [1.29, 1.82) is 0 Å². The first kappa shape index (κ1) is 14.5. The van der Waals surface area contributed by atoms with Crippen LogP contribution in [0.2, 0.25) is 0 Å². The molecule has 3 rings (SSSR count). The van der Waals surface area contributed by atoms with E-state index in [0.717, 1.165) is 29.9 Å². The molecule has 0 aromatic carbocycles. The van der Waals surface area contributed by atoms with Crippen LogP contribution < -0.4 is 0 Å². The lowest BCUT2D eigenvalue weighted by atomic mass is 10.0. The van der Waals surface area contributed by atoms with Gasteiger partial charge in [0.05, 0.1) is 18.9 Å². The molecule has 1 amide bonds. The Balaban J connectivity index is 1.50. The first-order chi connectivity index (χ1) is 10.1. The van der Waals surface area contributed by atoms with Gasteiger partial charge in [-0.15, -0.1) is 0 Å². The number of nitrogens with zero attached hydrogens (tertiary/aromatic N) is 2. The number of rotatable bonds is 3. The van der Waals surface area contributed by atoms with Crippen LogP contribution in [0, 0.1) is 13.8 Å². The molecule has 0 N–H and O–H groups in total. The molecule has 116 valence electrons. The Labute approximate surface area is 124 Å². The van der Waals surface area contributed by atoms with E-state index in [1.807, 2.05) is 18.7 Å². The van der Waals surface area contributed by atoms with E-state index >= 15 is 0 Å². The molecule has 1 aromatic rings. The summed E-state index contributed by atoms with van der Waals surface area (Å²) in [6, 6.07) is 0. The Morgan fingerprint density at radius 2 is 1.90 bits per heavy atom. The number of carbonyl (C=O) groups is 1. The summed E-state index contributed by atoms with van der Waals surface area (Å²) in [5.74, 6) is 0.576. The molecule has 0 aliphatic carbocycles. The van der Waals surface area contributed by atoms with Gasteiger partial charge in [0, 0.05) is 37.9 Å². The van der Waals surface area contributed by atoms with E-state index in [1.165, 1.54) is 0 Å². The number of aromatic nitrogens is 1. The average molecular weight is 294 g/mol. The molecule has 0 saturated carbocycles. The first-order valence-electron chi connectivity index (χ1n) is 7.57. The average Bonchev–Trinajstić information content (AvgIpc) is 3.06. The van der Waals surface area contributed by atoms with Gasteiger partial charge >= 0.3 is 0 Å². The zero-order chi connectivity index (χ0) is 14.9. The predicted octanol–water partition coefficient (Wildman–Crippen LogP) is 1.59. The van der Waals surface area contributed by atoms with Crippen molar-refractivity contribution in [1.82, 2.24) is 10.1 Å². The Hall–Kier alpha value is -1.40. The maximum Gasteiger partial charge on any atom is 0.222 e. The van der Waals surface area contributed by atoms with E-state index in [1.54, 1.807) is 0 Å². The fourth-order valence-electron chi connectivity index (χ4n) is 3.13. The van der Waals surface area contributed by atoms with Gasteiger partial charge in [-0.1, -0.05) is 5.16 Å². The smallest absolute Gasteiger partial charge is 0.222 e. The minimum atomic E-state index is -0.418. The Morgan fingerprint density at radius 3 is 2.48 bits per heavy atom. The second-order valence-electron chi connectivity index (χ2n) is 5.79. The topological polar surface area (TPSA) is 64.8 Å². The van der Waals surface area contributed by atoms with Crippen LogP contribution >= 0.6 is 0 Å². The van der Waals surface area contributed by atoms with Crippen LogP contribution in [-0.4, -0.2) is 48.1 Å². The Bertz CT molecular complexity index is 490. The molecule has 6 nitrogen and oxygen atoms in total. The summed E-state index contributed by atoms with van der Waals surface area (Å²) in [6.45, 7) is 6.55. The molecular weight excluding hydrogens is 272 g/mol. The summed E-state index contributed by atoms with van der Waals surface area (Å²) in [5.41, 5.74) is 1.94. The second-order valence-corrected chi connectivity index (χ2v) is 5.79. The number of carbonyl (C=O) groups excluding carboxylic acids is 1. The zero-order valence-corrected chi connectivity index (χ0v) is 12.7. The molecule has 1 spiro atoms. The summed E-state index contributed by atoms with van der Waals surface area (Å²) >= 11 is 0. The number of hydrogen-bond acceptors (Lipinski definition) is 5. The summed E-state index contributed by atoms with van der Waals surface area (Å²) in [6.07, 6.45) is 2.72. The summed E-state index contributed by atoms with van der Waals surface area (Å²) in [7, 11) is 0. The van der Waals surface area contributed by atoms with Gasteiger partial charge in [-0.05, 0) is 20.3 Å². The third-order valence-electron chi connectivity index (χ3n) is 4.46. The van der Waals surface area contributed by atoms with Gasteiger partial charge in [-0.25, -0.2) is 0 Å². The maximum absolute atomic E-state index is 12.3. The minimum absolute atomic E-state index is 0.183. The van der Waals surface area contributed by atoms with Crippen LogP contribution in [-0.2, 0) is 20.7 Å². The molecule has 0 atom stereocenters. The Morgan fingerprint density at radius 1 is 1.24 bits per heavy atom. The zero-order valence-electron chi connectivity index (χ0n) is 12.7. The SMILES string of the molecule is Cc1noc(C)c1CCC(=O)N1CCC2(CC1)OCCO2. The van der Waals surface area contributed by atoms with Crippen LogP contribution in [0.4, 0.5) is 0 Å². The van der Waals surface area contributed by atoms with E-state index in [0.29, 0.717) is 39.1 Å². The second kappa shape index (κ2) is 5.77. The van der Waals surface area contributed by atoms with Gasteiger partial charge in [0.15, 0.2) is 5.79 Å². The van der Waals surface area contributed by atoms with Gasteiger partial charge in [0.1, 0.15) is 5.76 Å². The fraction of sp³-hybridized carbons (Fsp3) is 0.733. The van der Waals surface area contributed by atoms with Crippen LogP contribution in [0.15, 0.2) is 4.52 Å². The maximum atomic E-state index is 12.3. The van der Waals surface area contributed by atoms with E-state index in [-0.39, 0.29) is 5.91 Å². The van der Waals surface area contributed by atoms with E-state index in [9.17, 15) is 4.79 Å². The van der Waals surface area contributed by atoms with Gasteiger partial charge in [-0.2, -0.15) is 0 Å². The number of amides is 1. The number of piperidine rings is 1. The molecule has 2 aliphatic rings. The third kappa shape index (κ3) is 2.96. The normalized spacial score (nSPS) is 21.1. The molecule has 21 heavy (non-hydrogen) atoms. The number of aryl methyl sites for hydroxylation is 2. The highest BCUT2D eigenvalue weighted by Crippen LogP contribution is 2.31. The molecule has 2 aliphatic heterocycles. The summed E-state index contributed by atoms with van der Waals surface area (Å²) < 4.78 is 16.5. The number of hydrogen-bond donors (Lipinski definition) is 0. The largest absolute Gasteiger partial charge is 0.361 e. The van der Waals surface area contributed by atoms with Crippen LogP contribution in [0.3, 0.4) is 0 Å². The highest BCUT2D eigenvalue weighted by Gasteiger charge is 2.40.